The van der Waals surface area contributed by atoms with E-state index in [2.05, 4.69) is 10.6 Å². The molecule has 0 unspecified atom stereocenters. The molecule has 0 bridgehead atoms. The van der Waals surface area contributed by atoms with E-state index in [4.69, 9.17) is 4.74 Å². The molecule has 1 aliphatic carbocycles. The Kier molecular flexibility index (Phi) is 5.11. The van der Waals surface area contributed by atoms with Crippen LogP contribution in [0, 0.1) is 11.8 Å². The largest absolute Gasteiger partial charge is 0.504 e. The van der Waals surface area contributed by atoms with E-state index in [-0.39, 0.29) is 30.0 Å². The predicted molar refractivity (Wildman–Crippen MR) is 98.2 cm³/mol. The smallest absolute Gasteiger partial charge is 0.251 e. The first-order chi connectivity index (χ1) is 12.5. The van der Waals surface area contributed by atoms with Gasteiger partial charge in [0.05, 0.1) is 7.11 Å². The zero-order valence-corrected chi connectivity index (χ0v) is 14.8. The van der Waals surface area contributed by atoms with E-state index in [1.165, 1.54) is 7.11 Å². The number of hydrogen-bond acceptors (Lipinski definition) is 4. The van der Waals surface area contributed by atoms with E-state index in [1.54, 1.807) is 42.5 Å². The summed E-state index contributed by atoms with van der Waals surface area (Å²) in [6.45, 7) is 2.32. The van der Waals surface area contributed by atoms with Crippen molar-refractivity contribution in [2.24, 2.45) is 11.8 Å². The summed E-state index contributed by atoms with van der Waals surface area (Å²) >= 11 is 0. The van der Waals surface area contributed by atoms with Crippen molar-refractivity contribution in [3.63, 3.8) is 0 Å². The van der Waals surface area contributed by atoms with Crippen LogP contribution in [-0.2, 0) is 11.3 Å². The normalized spacial score (nSPS) is 18.1. The molecule has 26 heavy (non-hydrogen) atoms. The fourth-order valence-electron chi connectivity index (χ4n) is 2.79. The third-order valence-corrected chi connectivity index (χ3v) is 4.53. The Labute approximate surface area is 152 Å². The summed E-state index contributed by atoms with van der Waals surface area (Å²) in [5.74, 6) is 0.671. The highest BCUT2D eigenvalue weighted by Gasteiger charge is 2.39. The molecule has 0 radical (unpaired) electrons. The fraction of sp³-hybridized carbons (Fsp3) is 0.300. The molecule has 2 aromatic carbocycles. The Hall–Kier alpha value is -3.02. The molecule has 1 saturated carbocycles. The molecular formula is C20H22N2O4. The van der Waals surface area contributed by atoms with E-state index in [0.29, 0.717) is 22.9 Å². The molecule has 0 aliphatic heterocycles. The minimum atomic E-state index is -0.254. The maximum Gasteiger partial charge on any atom is 0.251 e. The number of rotatable bonds is 6. The van der Waals surface area contributed by atoms with Gasteiger partial charge in [-0.3, -0.25) is 9.59 Å². The highest BCUT2D eigenvalue weighted by molar-refractivity contribution is 5.98. The Morgan fingerprint density at radius 2 is 2.00 bits per heavy atom. The van der Waals surface area contributed by atoms with Crippen molar-refractivity contribution < 1.29 is 19.4 Å². The van der Waals surface area contributed by atoms with Gasteiger partial charge >= 0.3 is 0 Å². The first-order valence-electron chi connectivity index (χ1n) is 8.53. The summed E-state index contributed by atoms with van der Waals surface area (Å²) in [4.78, 5) is 24.4. The molecule has 0 heterocycles. The summed E-state index contributed by atoms with van der Waals surface area (Å²) in [6.07, 6.45) is 0.917. The van der Waals surface area contributed by atoms with E-state index in [0.717, 1.165) is 12.0 Å². The molecule has 3 N–H and O–H groups in total. The lowest BCUT2D eigenvalue weighted by atomic mass is 10.1. The van der Waals surface area contributed by atoms with E-state index in [1.807, 2.05) is 6.92 Å². The van der Waals surface area contributed by atoms with Crippen molar-refractivity contribution in [1.29, 1.82) is 0 Å². The molecule has 6 heteroatoms. The van der Waals surface area contributed by atoms with Crippen LogP contribution in [0.2, 0.25) is 0 Å². The van der Waals surface area contributed by atoms with Crippen molar-refractivity contribution in [3.05, 3.63) is 53.6 Å². The average molecular weight is 354 g/mol. The zero-order chi connectivity index (χ0) is 18.7. The summed E-state index contributed by atoms with van der Waals surface area (Å²) in [7, 11) is 1.48. The molecule has 2 atom stereocenters. The molecule has 0 saturated heterocycles. The van der Waals surface area contributed by atoms with E-state index in [9.17, 15) is 14.7 Å². The standard InChI is InChI=1S/C20H22N2O4/c1-12-8-16(12)20(25)22-15-5-3-4-14(10-15)19(24)21-11-13-6-7-18(26-2)17(23)9-13/h3-7,9-10,12,16,23H,8,11H2,1-2H3,(H,21,24)(H,22,25)/t12-,16+/m1/s1. The van der Waals surface area contributed by atoms with Crippen molar-refractivity contribution in [2.75, 3.05) is 12.4 Å². The third-order valence-electron chi connectivity index (χ3n) is 4.53. The van der Waals surface area contributed by atoms with Crippen molar-refractivity contribution in [1.82, 2.24) is 5.32 Å². The van der Waals surface area contributed by atoms with E-state index >= 15 is 0 Å². The molecule has 6 nitrogen and oxygen atoms in total. The Balaban J connectivity index is 1.60. The van der Waals surface area contributed by atoms with Gasteiger partial charge in [0, 0.05) is 23.7 Å². The van der Waals surface area contributed by atoms with Crippen molar-refractivity contribution >= 4 is 17.5 Å². The van der Waals surface area contributed by atoms with Crippen molar-refractivity contribution in [2.45, 2.75) is 19.9 Å². The molecule has 3 rings (SSSR count). The first kappa shape index (κ1) is 17.8. The number of amides is 2. The number of carbonyl (C=O) groups is 2. The summed E-state index contributed by atoms with van der Waals surface area (Å²) in [6, 6.07) is 11.8. The molecule has 0 spiro atoms. The molecule has 1 fully saturated rings. The lowest BCUT2D eigenvalue weighted by Gasteiger charge is -2.09. The van der Waals surface area contributed by atoms with E-state index < -0.39 is 0 Å². The van der Waals surface area contributed by atoms with Gasteiger partial charge in [0.2, 0.25) is 5.91 Å². The number of hydrogen-bond donors (Lipinski definition) is 3. The van der Waals surface area contributed by atoms with Crippen LogP contribution in [0.4, 0.5) is 5.69 Å². The number of aromatic hydroxyl groups is 1. The molecule has 136 valence electrons. The molecule has 0 aromatic heterocycles. The SMILES string of the molecule is COc1ccc(CNC(=O)c2cccc(NC(=O)[C@H]3C[C@H]3C)c2)cc1O. The minimum Gasteiger partial charge on any atom is -0.504 e. The molecule has 1 aliphatic rings. The van der Waals surface area contributed by atoms with Gasteiger partial charge in [0.25, 0.3) is 5.91 Å². The maximum absolute atomic E-state index is 12.4. The van der Waals surface area contributed by atoms with Crippen LogP contribution in [0.1, 0.15) is 29.3 Å². The van der Waals surface area contributed by atoms with Crippen molar-refractivity contribution in [3.8, 4) is 11.5 Å². The van der Waals surface area contributed by atoms with Crippen LogP contribution in [0.5, 0.6) is 11.5 Å². The lowest BCUT2D eigenvalue weighted by molar-refractivity contribution is -0.117. The van der Waals surface area contributed by atoms with Crippen LogP contribution in [0.25, 0.3) is 0 Å². The summed E-state index contributed by atoms with van der Waals surface area (Å²) in [5, 5.41) is 15.4. The third kappa shape index (κ3) is 4.14. The number of methoxy groups -OCH3 is 1. The van der Waals surface area contributed by atoms with Gasteiger partial charge in [-0.2, -0.15) is 0 Å². The fourth-order valence-corrected chi connectivity index (χ4v) is 2.79. The maximum atomic E-state index is 12.4. The van der Waals surface area contributed by atoms with Gasteiger partial charge in [0.15, 0.2) is 11.5 Å². The topological polar surface area (TPSA) is 87.7 Å². The van der Waals surface area contributed by atoms with Crippen LogP contribution in [0.15, 0.2) is 42.5 Å². The second-order valence-corrected chi connectivity index (χ2v) is 6.58. The van der Waals surface area contributed by atoms with Gasteiger partial charge in [0.1, 0.15) is 0 Å². The van der Waals surface area contributed by atoms with Gasteiger partial charge in [-0.1, -0.05) is 19.1 Å². The summed E-state index contributed by atoms with van der Waals surface area (Å²) in [5.41, 5.74) is 1.83. The highest BCUT2D eigenvalue weighted by atomic mass is 16.5. The number of phenolic OH excluding ortho intramolecular Hbond substituents is 1. The highest BCUT2D eigenvalue weighted by Crippen LogP contribution is 2.38. The predicted octanol–water partition coefficient (Wildman–Crippen LogP) is 2.93. The van der Waals surface area contributed by atoms with Crippen LogP contribution < -0.4 is 15.4 Å². The number of benzene rings is 2. The lowest BCUT2D eigenvalue weighted by Crippen LogP contribution is -2.23. The molecule has 2 aromatic rings. The van der Waals surface area contributed by atoms with Gasteiger partial charge < -0.3 is 20.5 Å². The summed E-state index contributed by atoms with van der Waals surface area (Å²) < 4.78 is 5.00. The Bertz CT molecular complexity index is 834. The number of anilines is 1. The monoisotopic (exact) mass is 354 g/mol. The van der Waals surface area contributed by atoms with Gasteiger partial charge in [-0.05, 0) is 48.2 Å². The Morgan fingerprint density at radius 1 is 1.23 bits per heavy atom. The second-order valence-electron chi connectivity index (χ2n) is 6.58. The number of ether oxygens (including phenoxy) is 1. The zero-order valence-electron chi connectivity index (χ0n) is 14.8. The molecule has 2 amide bonds. The molecular weight excluding hydrogens is 332 g/mol. The second kappa shape index (κ2) is 7.47. The van der Waals surface area contributed by atoms with Crippen LogP contribution in [0.3, 0.4) is 0 Å². The number of phenols is 1. The van der Waals surface area contributed by atoms with Crippen LogP contribution >= 0.6 is 0 Å². The number of nitrogens with one attached hydrogen (secondary N) is 2. The quantitative estimate of drug-likeness (QED) is 0.744. The van der Waals surface area contributed by atoms with Gasteiger partial charge in [-0.25, -0.2) is 0 Å². The minimum absolute atomic E-state index is 0.00349. The Morgan fingerprint density at radius 3 is 2.65 bits per heavy atom. The van der Waals surface area contributed by atoms with Gasteiger partial charge in [-0.15, -0.1) is 0 Å². The first-order valence-corrected chi connectivity index (χ1v) is 8.53. The number of carbonyl (C=O) groups excluding carboxylic acids is 2. The van der Waals surface area contributed by atoms with Crippen LogP contribution in [-0.4, -0.2) is 24.0 Å². The average Bonchev–Trinajstić information content (AvgIpc) is 3.37.